The molecule has 2 atom stereocenters. The summed E-state index contributed by atoms with van der Waals surface area (Å²) < 4.78 is 20.7. The van der Waals surface area contributed by atoms with Crippen molar-refractivity contribution < 1.29 is 13.6 Å². The molecule has 0 aliphatic heterocycles. The van der Waals surface area contributed by atoms with Gasteiger partial charge in [0.05, 0.1) is 0 Å². The van der Waals surface area contributed by atoms with E-state index in [0.717, 1.165) is 0 Å². The molecular weight excluding hydrogens is 179 g/mol. The largest absolute Gasteiger partial charge is 0.698 e. The highest BCUT2D eigenvalue weighted by Gasteiger charge is 2.26. The maximum absolute atomic E-state index is 11.0. The monoisotopic (exact) mass is 195 g/mol. The predicted molar refractivity (Wildman–Crippen MR) is 46.8 cm³/mol. The summed E-state index contributed by atoms with van der Waals surface area (Å²) in [6.45, 7) is 4.09. The second-order valence-electron chi connectivity index (χ2n) is 2.53. The van der Waals surface area contributed by atoms with Gasteiger partial charge in [-0.25, -0.2) is 0 Å². The summed E-state index contributed by atoms with van der Waals surface area (Å²) in [6, 6.07) is 0. The maximum Gasteiger partial charge on any atom is 0.698 e. The average Bonchev–Trinajstić information content (AvgIpc) is 2.03. The minimum atomic E-state index is -2.08. The number of nitrogens with two attached hydrogens (primary N) is 2. The molecule has 0 spiro atoms. The van der Waals surface area contributed by atoms with E-state index in [-0.39, 0.29) is 12.2 Å². The Bertz CT molecular complexity index is 131. The van der Waals surface area contributed by atoms with Crippen molar-refractivity contribution in [3.63, 3.8) is 0 Å². The van der Waals surface area contributed by atoms with Crippen LogP contribution in [0.1, 0.15) is 13.8 Å². The third kappa shape index (κ3) is 5.57. The van der Waals surface area contributed by atoms with Gasteiger partial charge < -0.3 is 11.5 Å². The molecule has 0 aliphatic carbocycles. The van der Waals surface area contributed by atoms with Crippen molar-refractivity contribution in [2.45, 2.75) is 26.1 Å². The van der Waals surface area contributed by atoms with E-state index in [1.165, 1.54) is 0 Å². The van der Waals surface area contributed by atoms with Crippen molar-refractivity contribution >= 4 is 8.25 Å². The smallest absolute Gasteiger partial charge is 0.328 e. The summed E-state index contributed by atoms with van der Waals surface area (Å²) in [5.41, 5.74) is 10.5. The summed E-state index contributed by atoms with van der Waals surface area (Å²) in [5, 5.41) is 0. The quantitative estimate of drug-likeness (QED) is 0.598. The summed E-state index contributed by atoms with van der Waals surface area (Å²) >= 11 is 0. The van der Waals surface area contributed by atoms with Gasteiger partial charge in [0.1, 0.15) is 12.2 Å². The molecule has 5 nitrogen and oxygen atoms in total. The third-order valence-electron chi connectivity index (χ3n) is 1.20. The fraction of sp³-hybridized carbons (Fsp3) is 1.00. The fourth-order valence-electron chi connectivity index (χ4n) is 0.405. The summed E-state index contributed by atoms with van der Waals surface area (Å²) in [5.74, 6) is 0. The van der Waals surface area contributed by atoms with E-state index in [1.54, 1.807) is 13.8 Å². The number of rotatable bonds is 6. The average molecular weight is 195 g/mol. The molecule has 2 unspecified atom stereocenters. The lowest BCUT2D eigenvalue weighted by Gasteiger charge is -2.01. The molecule has 6 heteroatoms. The van der Waals surface area contributed by atoms with E-state index < -0.39 is 8.25 Å². The van der Waals surface area contributed by atoms with Crippen molar-refractivity contribution in [2.24, 2.45) is 11.5 Å². The Balaban J connectivity index is 3.59. The van der Waals surface area contributed by atoms with Gasteiger partial charge in [0.25, 0.3) is 0 Å². The molecule has 0 heterocycles. The first-order chi connectivity index (χ1) is 5.60. The molecule has 0 bridgehead atoms. The highest BCUT2D eigenvalue weighted by molar-refractivity contribution is 7.33. The Morgan fingerprint density at radius 2 is 1.50 bits per heavy atom. The third-order valence-corrected chi connectivity index (χ3v) is 2.26. The molecule has 0 saturated carbocycles. The molecule has 0 saturated heterocycles. The Morgan fingerprint density at radius 3 is 1.75 bits per heavy atom. The number of hydrogen-bond donors (Lipinski definition) is 2. The number of hydrogen-bond acceptors (Lipinski definition) is 5. The van der Waals surface area contributed by atoms with E-state index in [2.05, 4.69) is 0 Å². The van der Waals surface area contributed by atoms with E-state index in [4.69, 9.17) is 20.5 Å². The zero-order valence-electron chi connectivity index (χ0n) is 7.40. The maximum atomic E-state index is 11.0. The molecule has 0 aromatic carbocycles. The van der Waals surface area contributed by atoms with Gasteiger partial charge in [0, 0.05) is 17.7 Å². The first-order valence-corrected chi connectivity index (χ1v) is 4.90. The lowest BCUT2D eigenvalue weighted by atomic mass is 10.4. The van der Waals surface area contributed by atoms with Gasteiger partial charge in [-0.3, -0.25) is 0 Å². The SMILES string of the molecule is CC(CN)O[P+](=O)OC(C)CN. The van der Waals surface area contributed by atoms with Crippen molar-refractivity contribution in [1.29, 1.82) is 0 Å². The molecule has 0 fully saturated rings. The van der Waals surface area contributed by atoms with Crippen LogP contribution >= 0.6 is 8.25 Å². The van der Waals surface area contributed by atoms with Crippen LogP contribution in [0.5, 0.6) is 0 Å². The minimum absolute atomic E-state index is 0.251. The van der Waals surface area contributed by atoms with E-state index in [1.807, 2.05) is 0 Å². The molecule has 72 valence electrons. The Morgan fingerprint density at radius 1 is 1.17 bits per heavy atom. The molecule has 0 aromatic rings. The predicted octanol–water partition coefficient (Wildman–Crippen LogP) is 0.371. The van der Waals surface area contributed by atoms with Gasteiger partial charge >= 0.3 is 8.25 Å². The van der Waals surface area contributed by atoms with Gasteiger partial charge in [0.15, 0.2) is 0 Å². The minimum Gasteiger partial charge on any atom is -0.328 e. The lowest BCUT2D eigenvalue weighted by molar-refractivity contribution is 0.151. The van der Waals surface area contributed by atoms with Crippen LogP contribution in [-0.2, 0) is 13.6 Å². The summed E-state index contributed by atoms with van der Waals surface area (Å²) in [4.78, 5) is 0. The van der Waals surface area contributed by atoms with Crippen LogP contribution in [0.4, 0.5) is 0 Å². The van der Waals surface area contributed by atoms with Crippen molar-refractivity contribution in [3.05, 3.63) is 0 Å². The second-order valence-corrected chi connectivity index (χ2v) is 3.40. The van der Waals surface area contributed by atoms with Crippen molar-refractivity contribution in [1.82, 2.24) is 0 Å². The molecule has 12 heavy (non-hydrogen) atoms. The zero-order chi connectivity index (χ0) is 9.56. The Kier molecular flexibility index (Phi) is 6.42. The fourth-order valence-corrected chi connectivity index (χ4v) is 1.21. The van der Waals surface area contributed by atoms with E-state index in [9.17, 15) is 4.57 Å². The normalized spacial score (nSPS) is 17.2. The Hall–Kier alpha value is -0.0600. The van der Waals surface area contributed by atoms with Gasteiger partial charge in [-0.15, -0.1) is 9.05 Å². The van der Waals surface area contributed by atoms with E-state index in [0.29, 0.717) is 13.1 Å². The lowest BCUT2D eigenvalue weighted by Crippen LogP contribution is -2.20. The van der Waals surface area contributed by atoms with Crippen LogP contribution in [-0.4, -0.2) is 25.3 Å². The van der Waals surface area contributed by atoms with Gasteiger partial charge in [-0.05, 0) is 13.8 Å². The summed E-state index contributed by atoms with van der Waals surface area (Å²) in [6.07, 6.45) is -0.503. The zero-order valence-corrected chi connectivity index (χ0v) is 8.29. The van der Waals surface area contributed by atoms with E-state index >= 15 is 0 Å². The van der Waals surface area contributed by atoms with Crippen LogP contribution in [0.3, 0.4) is 0 Å². The van der Waals surface area contributed by atoms with Crippen LogP contribution in [0.15, 0.2) is 0 Å². The van der Waals surface area contributed by atoms with Crippen molar-refractivity contribution in [2.75, 3.05) is 13.1 Å². The Labute approximate surface area is 73.3 Å². The molecule has 0 radical (unpaired) electrons. The molecule has 0 rings (SSSR count). The molecular formula is C6H16N2O3P+. The summed E-state index contributed by atoms with van der Waals surface area (Å²) in [7, 11) is -2.08. The van der Waals surface area contributed by atoms with Crippen molar-refractivity contribution in [3.8, 4) is 0 Å². The molecule has 4 N–H and O–H groups in total. The highest BCUT2D eigenvalue weighted by Crippen LogP contribution is 2.27. The highest BCUT2D eigenvalue weighted by atomic mass is 31.1. The van der Waals surface area contributed by atoms with Crippen LogP contribution < -0.4 is 11.5 Å². The van der Waals surface area contributed by atoms with Crippen LogP contribution in [0, 0.1) is 0 Å². The first kappa shape index (κ1) is 11.9. The standard InChI is InChI=1S/C6H16N2O3P/c1-5(3-7)10-12(9)11-6(2)4-8/h5-6H,3-4,7-8H2,1-2H3/q+1. The second kappa shape index (κ2) is 6.46. The molecule has 0 amide bonds. The van der Waals surface area contributed by atoms with Crippen LogP contribution in [0.25, 0.3) is 0 Å². The van der Waals surface area contributed by atoms with Gasteiger partial charge in [-0.1, -0.05) is 0 Å². The molecule has 0 aromatic heterocycles. The van der Waals surface area contributed by atoms with Crippen LogP contribution in [0.2, 0.25) is 0 Å². The van der Waals surface area contributed by atoms with Gasteiger partial charge in [0.2, 0.25) is 0 Å². The topological polar surface area (TPSA) is 87.6 Å². The first-order valence-electron chi connectivity index (χ1n) is 3.81. The van der Waals surface area contributed by atoms with Gasteiger partial charge in [-0.2, -0.15) is 0 Å². The molecule has 0 aliphatic rings.